The maximum atomic E-state index is 9.24. The second-order valence-corrected chi connectivity index (χ2v) is 51.8. The minimum Gasteiger partial charge on any atom is -0.449 e. The molecular weight excluding hydrogens is 1380 g/mol. The summed E-state index contributed by atoms with van der Waals surface area (Å²) in [5, 5.41) is 11.0. The Bertz CT molecular complexity index is 3930. The number of rotatable bonds is 33. The molecule has 0 radical (unpaired) electrons. The van der Waals surface area contributed by atoms with Gasteiger partial charge in [0.1, 0.15) is 10.5 Å². The first-order chi connectivity index (χ1) is 47.0. The van der Waals surface area contributed by atoms with E-state index in [1.54, 1.807) is 0 Å². The second-order valence-electron chi connectivity index (χ2n) is 22.3. The molecule has 95 heavy (non-hydrogen) atoms. The number of hydrogen-bond donors (Lipinski definition) is 0. The molecule has 12 aromatic carbocycles. The van der Waals surface area contributed by atoms with Crippen LogP contribution in [0.3, 0.4) is 0 Å². The fraction of sp³-hybridized carbons (Fsp3) is 0. The second kappa shape index (κ2) is 33.7. The zero-order valence-electron chi connectivity index (χ0n) is 52.7. The van der Waals surface area contributed by atoms with E-state index < -0.39 is 102 Å². The van der Waals surface area contributed by atoms with E-state index in [0.29, 0.717) is 10.5 Å². The van der Waals surface area contributed by atoms with Gasteiger partial charge in [0.25, 0.3) is 58.4 Å². The number of benzene rings is 12. The first-order valence-corrected chi connectivity index (χ1v) is 48.9. The molecule has 12 rings (SSSR count). The molecule has 1 atom stereocenters. The quantitative estimate of drug-likeness (QED) is 0.0338. The van der Waals surface area contributed by atoms with E-state index in [4.69, 9.17) is 37.0 Å². The molecule has 0 bridgehead atoms. The van der Waals surface area contributed by atoms with Gasteiger partial charge >= 0.3 is 43.5 Å². The van der Waals surface area contributed by atoms with Crippen LogP contribution in [0.25, 0.3) is 0 Å². The monoisotopic (exact) mass is 1450 g/mol. The van der Waals surface area contributed by atoms with Gasteiger partial charge in [-0.1, -0.05) is 364 Å². The Hall–Kier alpha value is -7.20. The molecule has 0 saturated carbocycles. The van der Waals surface area contributed by atoms with Crippen LogP contribution in [0, 0.1) is 0 Å². The summed E-state index contributed by atoms with van der Waals surface area (Å²) in [6.45, 7) is 0. The highest BCUT2D eigenvalue weighted by molar-refractivity contribution is 7.17. The lowest BCUT2D eigenvalue weighted by Gasteiger charge is -2.50. The molecule has 0 aromatic heterocycles. The Balaban J connectivity index is 1.15. The molecule has 0 saturated heterocycles. The summed E-state index contributed by atoms with van der Waals surface area (Å²) in [6, 6.07) is 127. The van der Waals surface area contributed by atoms with Crippen molar-refractivity contribution in [2.45, 2.75) is 0 Å². The van der Waals surface area contributed by atoms with Crippen molar-refractivity contribution >= 4 is 175 Å². The minimum absolute atomic E-state index is 0.670. The van der Waals surface area contributed by atoms with Gasteiger partial charge in [0.2, 0.25) is 0 Å². The van der Waals surface area contributed by atoms with Crippen molar-refractivity contribution in [1.82, 2.24) is 0 Å². The summed E-state index contributed by atoms with van der Waals surface area (Å²) >= 11 is 0. The van der Waals surface area contributed by atoms with Gasteiger partial charge in [-0.15, -0.1) is 0 Å². The first-order valence-electron chi connectivity index (χ1n) is 31.6. The summed E-state index contributed by atoms with van der Waals surface area (Å²) in [5.41, 5.74) is 0. The fourth-order valence-electron chi connectivity index (χ4n) is 12.0. The summed E-state index contributed by atoms with van der Waals surface area (Å²) in [7, 11) is -30.5. The molecule has 11 nitrogen and oxygen atoms in total. The lowest BCUT2D eigenvalue weighted by atomic mass is 10.3. The molecule has 0 fully saturated rings. The molecule has 0 amide bonds. The summed E-state index contributed by atoms with van der Waals surface area (Å²) in [5.74, 6) is 0. The van der Waals surface area contributed by atoms with Crippen molar-refractivity contribution in [2.75, 3.05) is 0 Å². The molecular formula is C72H74O11Si12. The van der Waals surface area contributed by atoms with Gasteiger partial charge < -0.3 is 45.3 Å². The van der Waals surface area contributed by atoms with Gasteiger partial charge in [-0.3, -0.25) is 0 Å². The zero-order valence-corrected chi connectivity index (χ0v) is 68.0. The van der Waals surface area contributed by atoms with Crippen molar-refractivity contribution < 1.29 is 45.3 Å². The van der Waals surface area contributed by atoms with Crippen LogP contribution in [-0.2, 0) is 45.3 Å². The van der Waals surface area contributed by atoms with Crippen molar-refractivity contribution in [3.8, 4) is 0 Å². The Morgan fingerprint density at radius 2 is 0.432 bits per heavy atom. The zero-order chi connectivity index (χ0) is 64.7. The summed E-state index contributed by atoms with van der Waals surface area (Å²) in [4.78, 5) is 0. The highest BCUT2D eigenvalue weighted by Gasteiger charge is 2.65. The summed E-state index contributed by atoms with van der Waals surface area (Å²) < 4.78 is 81.4. The molecule has 0 aliphatic carbocycles. The standard InChI is InChI=1S/C72H74O11Si12/c84-73-85-74-86-75-87-76-88-77-89-78-90(61-37-13-1-14-38-61)79-92(65-45-21-5-22-46-65,66-47-23-6-24-48-66)81-94(69-53-29-9-30-54-69,70-55-31-10-32-56-70)83-95(71-57-33-11-34-58-71,72-59-35-12-36-60-72)82-93(67-49-25-7-26-50-67,68-51-27-8-28-52-68)80-91(62-39-15-2-16-40-62,63-41-17-3-18-42-63)64-43-19-4-20-44-64/h1-60,90H,85-89H2,84H3. The van der Waals surface area contributed by atoms with E-state index >= 15 is 0 Å². The Morgan fingerprint density at radius 1 is 0.221 bits per heavy atom. The van der Waals surface area contributed by atoms with Crippen molar-refractivity contribution in [2.24, 2.45) is 0 Å². The van der Waals surface area contributed by atoms with Crippen LogP contribution in [0.1, 0.15) is 0 Å². The van der Waals surface area contributed by atoms with Crippen LogP contribution < -0.4 is 62.2 Å². The summed E-state index contributed by atoms with van der Waals surface area (Å²) in [6.07, 6.45) is 0. The molecule has 0 aliphatic heterocycles. The highest BCUT2D eigenvalue weighted by Crippen LogP contribution is 2.30. The van der Waals surface area contributed by atoms with Crippen LogP contribution in [0.4, 0.5) is 0 Å². The topological polar surface area (TPSA) is 102 Å². The smallest absolute Gasteiger partial charge is 0.390 e. The molecule has 0 N–H and O–H groups in total. The fourth-order valence-corrected chi connectivity index (χ4v) is 52.8. The molecule has 23 heteroatoms. The van der Waals surface area contributed by atoms with Crippen molar-refractivity contribution in [3.63, 3.8) is 0 Å². The molecule has 476 valence electrons. The van der Waals surface area contributed by atoms with Gasteiger partial charge in [0.15, 0.2) is 0 Å². The van der Waals surface area contributed by atoms with E-state index in [9.17, 15) is 8.23 Å². The average Bonchev–Trinajstić information content (AvgIpc) is 0.713. The Morgan fingerprint density at radius 3 is 0.705 bits per heavy atom. The Labute approximate surface area is 579 Å². The third kappa shape index (κ3) is 15.6. The van der Waals surface area contributed by atoms with Gasteiger partial charge in [0, 0.05) is 0 Å². The maximum Gasteiger partial charge on any atom is 0.390 e. The van der Waals surface area contributed by atoms with E-state index in [1.165, 1.54) is 0 Å². The van der Waals surface area contributed by atoms with E-state index in [2.05, 4.69) is 334 Å². The highest BCUT2D eigenvalue weighted by atomic mass is 28.5. The predicted molar refractivity (Wildman–Crippen MR) is 413 cm³/mol. The molecule has 0 aliphatic rings. The van der Waals surface area contributed by atoms with E-state index in [1.807, 2.05) is 30.3 Å². The van der Waals surface area contributed by atoms with Crippen LogP contribution in [-0.4, -0.2) is 112 Å². The van der Waals surface area contributed by atoms with Crippen LogP contribution in [0.15, 0.2) is 364 Å². The third-order valence-corrected chi connectivity index (χ3v) is 48.9. The van der Waals surface area contributed by atoms with Gasteiger partial charge in [-0.05, 0) is 62.2 Å². The van der Waals surface area contributed by atoms with Crippen molar-refractivity contribution in [3.05, 3.63) is 364 Å². The molecule has 0 spiro atoms. The Kier molecular flexibility index (Phi) is 24.0. The van der Waals surface area contributed by atoms with Gasteiger partial charge in [-0.2, -0.15) is 0 Å². The SMILES string of the molecule is [SiH3]O[SiH2]O[SiH2]O[SiH2]O[SiH2]O[SiH2]O[SiH](O[Si](O[Si](O[Si](O[Si](O[Si](c1ccccc1)(c1ccccc1)c1ccccc1)(c1ccccc1)c1ccccc1)(c1ccccc1)c1ccccc1)(c1ccccc1)c1ccccc1)(c1ccccc1)c1ccccc1)c1ccccc1. The molecule has 1 unspecified atom stereocenters. The minimum atomic E-state index is -4.60. The third-order valence-electron chi connectivity index (χ3n) is 16.3. The first kappa shape index (κ1) is 67.8. The average molecular weight is 1450 g/mol. The van der Waals surface area contributed by atoms with Crippen molar-refractivity contribution in [1.29, 1.82) is 0 Å². The molecule has 0 heterocycles. The van der Waals surface area contributed by atoms with E-state index in [0.717, 1.165) is 62.2 Å². The lowest BCUT2D eigenvalue weighted by molar-refractivity contribution is 0.303. The number of hydrogen-bond acceptors (Lipinski definition) is 11. The lowest BCUT2D eigenvalue weighted by Crippen LogP contribution is -2.85. The maximum absolute atomic E-state index is 9.24. The van der Waals surface area contributed by atoms with Crippen LogP contribution >= 0.6 is 0 Å². The van der Waals surface area contributed by atoms with Crippen LogP contribution in [0.5, 0.6) is 0 Å². The van der Waals surface area contributed by atoms with E-state index in [-0.39, 0.29) is 0 Å². The van der Waals surface area contributed by atoms with Gasteiger partial charge in [-0.25, -0.2) is 0 Å². The predicted octanol–water partition coefficient (Wildman–Crippen LogP) is 1.26. The molecule has 12 aromatic rings. The van der Waals surface area contributed by atoms with Crippen LogP contribution in [0.2, 0.25) is 0 Å². The van der Waals surface area contributed by atoms with Gasteiger partial charge in [0.05, 0.1) is 0 Å². The normalized spacial score (nSPS) is 13.1. The largest absolute Gasteiger partial charge is 0.449 e.